The summed E-state index contributed by atoms with van der Waals surface area (Å²) < 4.78 is 5.73. The van der Waals surface area contributed by atoms with Crippen molar-refractivity contribution in [3.05, 3.63) is 63.4 Å². The second kappa shape index (κ2) is 5.82. The first-order valence-electron chi connectivity index (χ1n) is 7.62. The number of H-pyrrole nitrogens is 1. The van der Waals surface area contributed by atoms with Crippen LogP contribution in [0.2, 0.25) is 5.15 Å². The van der Waals surface area contributed by atoms with Crippen LogP contribution in [0.1, 0.15) is 11.5 Å². The lowest BCUT2D eigenvalue weighted by atomic mass is 10.1. The molecular weight excluding hydrogens is 340 g/mol. The fourth-order valence-electron chi connectivity index (χ4n) is 2.68. The van der Waals surface area contributed by atoms with Gasteiger partial charge in [0.2, 0.25) is 5.43 Å². The summed E-state index contributed by atoms with van der Waals surface area (Å²) in [6.45, 7) is 3.69. The van der Waals surface area contributed by atoms with E-state index in [1.807, 2.05) is 32.0 Å². The van der Waals surface area contributed by atoms with Gasteiger partial charge < -0.3 is 9.40 Å². The van der Waals surface area contributed by atoms with E-state index in [-0.39, 0.29) is 10.9 Å². The molecule has 0 radical (unpaired) electrons. The molecule has 0 aliphatic heterocycles. The molecule has 4 aromatic heterocycles. The molecule has 1 N–H and O–H groups in total. The van der Waals surface area contributed by atoms with Gasteiger partial charge in [-0.3, -0.25) is 4.79 Å². The Morgan fingerprint density at radius 3 is 2.60 bits per heavy atom. The molecule has 0 amide bonds. The normalized spacial score (nSPS) is 11.2. The first kappa shape index (κ1) is 15.5. The van der Waals surface area contributed by atoms with Gasteiger partial charge >= 0.3 is 0 Å². The summed E-state index contributed by atoms with van der Waals surface area (Å²) in [5.41, 5.74) is 2.97. The zero-order valence-corrected chi connectivity index (χ0v) is 14.3. The molecule has 0 fully saturated rings. The largest absolute Gasteiger partial charge is 0.460 e. The zero-order valence-electron chi connectivity index (χ0n) is 13.5. The molecule has 0 aliphatic rings. The van der Waals surface area contributed by atoms with E-state index in [1.54, 1.807) is 12.3 Å². The van der Waals surface area contributed by atoms with Gasteiger partial charge in [0, 0.05) is 23.5 Å². The number of aromatic nitrogens is 4. The molecule has 0 spiro atoms. The molecule has 4 rings (SSSR count). The number of fused-ring (bicyclic) bond motifs is 1. The quantitative estimate of drug-likeness (QED) is 0.553. The van der Waals surface area contributed by atoms with Crippen molar-refractivity contribution in [2.45, 2.75) is 13.8 Å². The minimum absolute atomic E-state index is 0.207. The standard InChI is InChI=1S/C18H13ClN4O2/c1-9-7-11(8-14(19)21-9)15-17(13-4-3-10(2)25-13)23-18-16(22-15)12(24)5-6-20-18/h3-8H,1-2H3,(H,20,23,24). The predicted octanol–water partition coefficient (Wildman–Crippen LogP) is 3.91. The SMILES string of the molecule is Cc1cc(-c2nc3c(=O)cc[nH]c3nc2-c2ccc(C)o2)cc(Cl)n1. The number of rotatable bonds is 2. The Hall–Kier alpha value is -2.99. The monoisotopic (exact) mass is 352 g/mol. The van der Waals surface area contributed by atoms with E-state index in [0.29, 0.717) is 27.9 Å². The molecule has 0 bridgehead atoms. The number of hydrogen-bond acceptors (Lipinski definition) is 5. The van der Waals surface area contributed by atoms with E-state index < -0.39 is 0 Å². The zero-order chi connectivity index (χ0) is 17.6. The lowest BCUT2D eigenvalue weighted by Crippen LogP contribution is -2.06. The highest BCUT2D eigenvalue weighted by Crippen LogP contribution is 2.32. The van der Waals surface area contributed by atoms with Gasteiger partial charge in [-0.25, -0.2) is 15.0 Å². The third-order valence-corrected chi connectivity index (χ3v) is 3.95. The van der Waals surface area contributed by atoms with Crippen LogP contribution in [0.3, 0.4) is 0 Å². The molecule has 0 aliphatic carbocycles. The van der Waals surface area contributed by atoms with Crippen molar-refractivity contribution in [2.24, 2.45) is 0 Å². The van der Waals surface area contributed by atoms with Crippen LogP contribution in [-0.2, 0) is 0 Å². The van der Waals surface area contributed by atoms with E-state index >= 15 is 0 Å². The molecule has 0 unspecified atom stereocenters. The van der Waals surface area contributed by atoms with Gasteiger partial charge in [-0.15, -0.1) is 0 Å². The Morgan fingerprint density at radius 2 is 1.88 bits per heavy atom. The summed E-state index contributed by atoms with van der Waals surface area (Å²) in [5, 5.41) is 0.348. The lowest BCUT2D eigenvalue weighted by molar-refractivity contribution is 0.546. The number of hydrogen-bond donors (Lipinski definition) is 1. The average molecular weight is 353 g/mol. The molecule has 4 aromatic rings. The molecular formula is C18H13ClN4O2. The summed E-state index contributed by atoms with van der Waals surface area (Å²) in [6, 6.07) is 8.64. The van der Waals surface area contributed by atoms with Gasteiger partial charge in [0.25, 0.3) is 0 Å². The lowest BCUT2D eigenvalue weighted by Gasteiger charge is -2.09. The number of furan rings is 1. The van der Waals surface area contributed by atoms with Gasteiger partial charge in [0.05, 0.1) is 0 Å². The molecule has 4 heterocycles. The Labute approximate surface area is 147 Å². The second-order valence-electron chi connectivity index (χ2n) is 5.69. The molecule has 25 heavy (non-hydrogen) atoms. The minimum atomic E-state index is -0.207. The minimum Gasteiger partial charge on any atom is -0.460 e. The predicted molar refractivity (Wildman–Crippen MR) is 95.6 cm³/mol. The van der Waals surface area contributed by atoms with Gasteiger partial charge in [-0.05, 0) is 38.1 Å². The maximum absolute atomic E-state index is 12.2. The Kier molecular flexibility index (Phi) is 3.62. The van der Waals surface area contributed by atoms with Crippen molar-refractivity contribution < 1.29 is 4.42 Å². The first-order chi connectivity index (χ1) is 12.0. The molecule has 0 saturated heterocycles. The number of nitrogens with one attached hydrogen (secondary N) is 1. The summed E-state index contributed by atoms with van der Waals surface area (Å²) in [6.07, 6.45) is 1.55. The molecule has 0 saturated carbocycles. The van der Waals surface area contributed by atoms with Crippen LogP contribution in [0.15, 0.2) is 45.7 Å². The number of pyridine rings is 2. The third kappa shape index (κ3) is 2.81. The Bertz CT molecular complexity index is 1140. The van der Waals surface area contributed by atoms with Crippen LogP contribution < -0.4 is 5.43 Å². The highest BCUT2D eigenvalue weighted by Gasteiger charge is 2.18. The fraction of sp³-hybridized carbons (Fsp3) is 0.111. The summed E-state index contributed by atoms with van der Waals surface area (Å²) >= 11 is 6.10. The summed E-state index contributed by atoms with van der Waals surface area (Å²) in [4.78, 5) is 28.4. The molecule has 6 nitrogen and oxygen atoms in total. The van der Waals surface area contributed by atoms with Gasteiger partial charge in [-0.1, -0.05) is 11.6 Å². The van der Waals surface area contributed by atoms with Crippen LogP contribution >= 0.6 is 11.6 Å². The van der Waals surface area contributed by atoms with E-state index in [1.165, 1.54) is 6.07 Å². The molecule has 7 heteroatoms. The van der Waals surface area contributed by atoms with Crippen molar-refractivity contribution in [3.8, 4) is 22.7 Å². The average Bonchev–Trinajstić information content (AvgIpc) is 2.99. The van der Waals surface area contributed by atoms with Crippen LogP contribution in [0.25, 0.3) is 33.9 Å². The topological polar surface area (TPSA) is 84.7 Å². The Balaban J connectivity index is 2.09. The maximum Gasteiger partial charge on any atom is 0.209 e. The van der Waals surface area contributed by atoms with Crippen molar-refractivity contribution in [1.82, 2.24) is 19.9 Å². The number of nitrogens with zero attached hydrogens (tertiary/aromatic N) is 3. The number of aromatic amines is 1. The fourth-order valence-corrected chi connectivity index (χ4v) is 2.93. The first-order valence-corrected chi connectivity index (χ1v) is 8.00. The van der Waals surface area contributed by atoms with Crippen LogP contribution in [-0.4, -0.2) is 19.9 Å². The second-order valence-corrected chi connectivity index (χ2v) is 6.08. The molecule has 0 atom stereocenters. The highest BCUT2D eigenvalue weighted by molar-refractivity contribution is 6.29. The van der Waals surface area contributed by atoms with Crippen molar-refractivity contribution in [3.63, 3.8) is 0 Å². The van der Waals surface area contributed by atoms with Gasteiger partial charge in [0.15, 0.2) is 16.9 Å². The van der Waals surface area contributed by atoms with E-state index in [0.717, 1.165) is 17.0 Å². The smallest absolute Gasteiger partial charge is 0.209 e. The highest BCUT2D eigenvalue weighted by atomic mass is 35.5. The van der Waals surface area contributed by atoms with E-state index in [2.05, 4.69) is 19.9 Å². The van der Waals surface area contributed by atoms with E-state index in [9.17, 15) is 4.79 Å². The maximum atomic E-state index is 12.2. The van der Waals surface area contributed by atoms with Crippen LogP contribution in [0.4, 0.5) is 0 Å². The van der Waals surface area contributed by atoms with Gasteiger partial charge in [0.1, 0.15) is 22.3 Å². The summed E-state index contributed by atoms with van der Waals surface area (Å²) in [7, 11) is 0. The van der Waals surface area contributed by atoms with Crippen molar-refractivity contribution in [2.75, 3.05) is 0 Å². The van der Waals surface area contributed by atoms with Crippen LogP contribution in [0.5, 0.6) is 0 Å². The number of aryl methyl sites for hydroxylation is 2. The summed E-state index contributed by atoms with van der Waals surface area (Å²) in [5.74, 6) is 1.32. The third-order valence-electron chi connectivity index (χ3n) is 3.75. The number of halogens is 1. The van der Waals surface area contributed by atoms with Crippen LogP contribution in [0, 0.1) is 13.8 Å². The van der Waals surface area contributed by atoms with Gasteiger partial charge in [-0.2, -0.15) is 0 Å². The van der Waals surface area contributed by atoms with E-state index in [4.69, 9.17) is 16.0 Å². The van der Waals surface area contributed by atoms with Crippen molar-refractivity contribution >= 4 is 22.8 Å². The Morgan fingerprint density at radius 1 is 1.04 bits per heavy atom. The van der Waals surface area contributed by atoms with Crippen molar-refractivity contribution in [1.29, 1.82) is 0 Å². The molecule has 124 valence electrons. The molecule has 0 aromatic carbocycles.